The minimum Gasteiger partial charge on any atom is -0.338 e. The van der Waals surface area contributed by atoms with Gasteiger partial charge in [0.1, 0.15) is 0 Å². The zero-order valence-electron chi connectivity index (χ0n) is 11.6. The predicted molar refractivity (Wildman–Crippen MR) is 72.2 cm³/mol. The quantitative estimate of drug-likeness (QED) is 0.886. The Hall–Kier alpha value is -0.990. The molecule has 1 aromatic rings. The molecule has 0 aromatic carbocycles. The van der Waals surface area contributed by atoms with E-state index in [0.717, 1.165) is 32.1 Å². The summed E-state index contributed by atoms with van der Waals surface area (Å²) < 4.78 is 33.8. The number of piperidine rings is 1. The van der Waals surface area contributed by atoms with Gasteiger partial charge in [-0.05, 0) is 32.6 Å². The normalized spacial score (nSPS) is 22.9. The Morgan fingerprint density at radius 2 is 2.00 bits per heavy atom. The Bertz CT molecular complexity index is 561. The van der Waals surface area contributed by atoms with Crippen molar-refractivity contribution in [3.8, 4) is 0 Å². The molecule has 2 aliphatic rings. The van der Waals surface area contributed by atoms with E-state index < -0.39 is 16.3 Å². The summed E-state index contributed by atoms with van der Waals surface area (Å²) in [5.74, 6) is 1.44. The van der Waals surface area contributed by atoms with Gasteiger partial charge >= 0.3 is 0 Å². The molecule has 112 valence electrons. The first-order valence-electron chi connectivity index (χ1n) is 7.17. The molecule has 1 saturated heterocycles. The topological polar surface area (TPSA) is 88.3 Å². The molecule has 7 nitrogen and oxygen atoms in total. The molecule has 1 atom stereocenters. The van der Waals surface area contributed by atoms with Crippen LogP contribution in [0.5, 0.6) is 0 Å². The van der Waals surface area contributed by atoms with Crippen LogP contribution in [0, 0.1) is 0 Å². The van der Waals surface area contributed by atoms with E-state index in [4.69, 9.17) is 4.52 Å². The Balaban J connectivity index is 1.65. The number of hydrogen-bond acceptors (Lipinski definition) is 5. The minimum atomic E-state index is -3.47. The third-order valence-corrected chi connectivity index (χ3v) is 5.45. The van der Waals surface area contributed by atoms with E-state index in [1.165, 1.54) is 4.31 Å². The summed E-state index contributed by atoms with van der Waals surface area (Å²) in [5, 5.41) is 3.91. The third kappa shape index (κ3) is 3.02. The molecule has 0 unspecified atom stereocenters. The molecule has 0 amide bonds. The summed E-state index contributed by atoms with van der Waals surface area (Å²) in [6, 6.07) is -0.498. The van der Waals surface area contributed by atoms with Crippen molar-refractivity contribution in [2.24, 2.45) is 0 Å². The molecule has 1 aromatic heterocycles. The lowest BCUT2D eigenvalue weighted by Gasteiger charge is -2.26. The van der Waals surface area contributed by atoms with Crippen LogP contribution >= 0.6 is 0 Å². The van der Waals surface area contributed by atoms with Crippen molar-refractivity contribution in [3.63, 3.8) is 0 Å². The van der Waals surface area contributed by atoms with Crippen LogP contribution in [0.2, 0.25) is 0 Å². The monoisotopic (exact) mass is 300 g/mol. The van der Waals surface area contributed by atoms with Crippen LogP contribution in [0.4, 0.5) is 0 Å². The first-order chi connectivity index (χ1) is 9.56. The molecule has 0 radical (unpaired) electrons. The van der Waals surface area contributed by atoms with E-state index in [-0.39, 0.29) is 0 Å². The third-order valence-electron chi connectivity index (χ3n) is 3.75. The standard InChI is InChI=1S/C12H20N4O3S/c1-9(12-13-11(14-19-12)10-5-6-10)15-20(17,18)16-7-3-2-4-8-16/h9-10,15H,2-8H2,1H3/t9-/m1/s1. The first kappa shape index (κ1) is 14.0. The molecule has 0 spiro atoms. The minimum absolute atomic E-state index is 0.340. The van der Waals surface area contributed by atoms with Crippen molar-refractivity contribution in [2.75, 3.05) is 13.1 Å². The van der Waals surface area contributed by atoms with Crippen molar-refractivity contribution in [2.45, 2.75) is 51.0 Å². The molecule has 1 saturated carbocycles. The summed E-state index contributed by atoms with van der Waals surface area (Å²) in [5.41, 5.74) is 0. The van der Waals surface area contributed by atoms with Gasteiger partial charge in [-0.3, -0.25) is 0 Å². The second-order valence-corrected chi connectivity index (χ2v) is 7.27. The van der Waals surface area contributed by atoms with E-state index in [1.54, 1.807) is 6.92 Å². The summed E-state index contributed by atoms with van der Waals surface area (Å²) in [6.45, 7) is 2.89. The Morgan fingerprint density at radius 1 is 1.30 bits per heavy atom. The highest BCUT2D eigenvalue weighted by molar-refractivity contribution is 7.87. The van der Waals surface area contributed by atoms with Gasteiger partial charge in [0.2, 0.25) is 5.89 Å². The maximum absolute atomic E-state index is 12.2. The van der Waals surface area contributed by atoms with Gasteiger partial charge in [0, 0.05) is 19.0 Å². The number of rotatable bonds is 5. The Labute approximate surface area is 118 Å². The van der Waals surface area contributed by atoms with Crippen LogP contribution in [0.3, 0.4) is 0 Å². The lowest BCUT2D eigenvalue weighted by atomic mass is 10.2. The molecule has 1 aliphatic heterocycles. The van der Waals surface area contributed by atoms with Gasteiger partial charge in [-0.2, -0.15) is 22.4 Å². The lowest BCUT2D eigenvalue weighted by molar-refractivity contribution is 0.325. The fourth-order valence-corrected chi connectivity index (χ4v) is 3.82. The number of aromatic nitrogens is 2. The largest absolute Gasteiger partial charge is 0.338 e. The fourth-order valence-electron chi connectivity index (χ4n) is 2.38. The van der Waals surface area contributed by atoms with Crippen LogP contribution < -0.4 is 4.72 Å². The summed E-state index contributed by atoms with van der Waals surface area (Å²) in [6.07, 6.45) is 5.11. The van der Waals surface area contributed by atoms with E-state index >= 15 is 0 Å². The van der Waals surface area contributed by atoms with Gasteiger partial charge in [0.15, 0.2) is 5.82 Å². The van der Waals surface area contributed by atoms with Crippen molar-refractivity contribution < 1.29 is 12.9 Å². The van der Waals surface area contributed by atoms with Crippen LogP contribution in [0.25, 0.3) is 0 Å². The lowest BCUT2D eigenvalue weighted by Crippen LogP contribution is -2.44. The molecule has 1 N–H and O–H groups in total. The SMILES string of the molecule is C[C@@H](NS(=O)(=O)N1CCCCC1)c1nc(C2CC2)no1. The van der Waals surface area contributed by atoms with E-state index in [9.17, 15) is 8.42 Å². The molecule has 20 heavy (non-hydrogen) atoms. The van der Waals surface area contributed by atoms with Crippen LogP contribution in [-0.4, -0.2) is 36.0 Å². The highest BCUT2D eigenvalue weighted by Gasteiger charge is 2.31. The highest BCUT2D eigenvalue weighted by atomic mass is 32.2. The fraction of sp³-hybridized carbons (Fsp3) is 0.833. The van der Waals surface area contributed by atoms with Crippen molar-refractivity contribution >= 4 is 10.2 Å². The van der Waals surface area contributed by atoms with E-state index in [2.05, 4.69) is 14.9 Å². The molecule has 2 heterocycles. The van der Waals surface area contributed by atoms with Gasteiger partial charge in [0.05, 0.1) is 6.04 Å². The zero-order chi connectivity index (χ0) is 14.2. The maximum Gasteiger partial charge on any atom is 0.280 e. The van der Waals surface area contributed by atoms with Crippen LogP contribution in [0.15, 0.2) is 4.52 Å². The van der Waals surface area contributed by atoms with Crippen LogP contribution in [0.1, 0.15) is 62.7 Å². The maximum atomic E-state index is 12.2. The summed E-state index contributed by atoms with van der Waals surface area (Å²) in [7, 11) is -3.47. The van der Waals surface area contributed by atoms with Crippen molar-refractivity contribution in [1.82, 2.24) is 19.2 Å². The zero-order valence-corrected chi connectivity index (χ0v) is 12.4. The molecule has 0 bridgehead atoms. The molecular formula is C12H20N4O3S. The molecular weight excluding hydrogens is 280 g/mol. The number of nitrogens with one attached hydrogen (secondary N) is 1. The average Bonchev–Trinajstić information content (AvgIpc) is 3.17. The second kappa shape index (κ2) is 5.42. The second-order valence-electron chi connectivity index (χ2n) is 5.57. The van der Waals surface area contributed by atoms with Gasteiger partial charge in [-0.15, -0.1) is 0 Å². The predicted octanol–water partition coefficient (Wildman–Crippen LogP) is 1.33. The average molecular weight is 300 g/mol. The highest BCUT2D eigenvalue weighted by Crippen LogP contribution is 2.38. The Morgan fingerprint density at radius 3 is 2.65 bits per heavy atom. The Kier molecular flexibility index (Phi) is 3.78. The van der Waals surface area contributed by atoms with Crippen LogP contribution in [-0.2, 0) is 10.2 Å². The summed E-state index contributed by atoms with van der Waals surface area (Å²) in [4.78, 5) is 4.28. The summed E-state index contributed by atoms with van der Waals surface area (Å²) >= 11 is 0. The van der Waals surface area contributed by atoms with E-state index in [1.807, 2.05) is 0 Å². The van der Waals surface area contributed by atoms with Crippen molar-refractivity contribution in [3.05, 3.63) is 11.7 Å². The number of hydrogen-bond donors (Lipinski definition) is 1. The first-order valence-corrected chi connectivity index (χ1v) is 8.61. The van der Waals surface area contributed by atoms with Gasteiger partial charge in [-0.1, -0.05) is 11.6 Å². The molecule has 3 rings (SSSR count). The molecule has 1 aliphatic carbocycles. The number of nitrogens with zero attached hydrogens (tertiary/aromatic N) is 3. The smallest absolute Gasteiger partial charge is 0.280 e. The van der Waals surface area contributed by atoms with Gasteiger partial charge < -0.3 is 4.52 Å². The van der Waals surface area contributed by atoms with E-state index in [0.29, 0.717) is 30.7 Å². The molecule has 8 heteroatoms. The van der Waals surface area contributed by atoms with Gasteiger partial charge in [0.25, 0.3) is 10.2 Å². The van der Waals surface area contributed by atoms with Crippen molar-refractivity contribution in [1.29, 1.82) is 0 Å². The molecule has 2 fully saturated rings. The van der Waals surface area contributed by atoms with Gasteiger partial charge in [-0.25, -0.2) is 0 Å².